The highest BCUT2D eigenvalue weighted by molar-refractivity contribution is 7.92. The Bertz CT molecular complexity index is 1480. The molecule has 2 aromatic carbocycles. The number of thiazole rings is 1. The number of aromatic nitrogens is 1. The van der Waals surface area contributed by atoms with E-state index in [1.165, 1.54) is 30.6 Å². The maximum absolute atomic E-state index is 13.4. The van der Waals surface area contributed by atoms with Gasteiger partial charge in [0.1, 0.15) is 16.5 Å². The second kappa shape index (κ2) is 11.3. The van der Waals surface area contributed by atoms with Crippen molar-refractivity contribution in [3.63, 3.8) is 0 Å². The predicted molar refractivity (Wildman–Crippen MR) is 154 cm³/mol. The van der Waals surface area contributed by atoms with Crippen molar-refractivity contribution in [2.75, 3.05) is 30.2 Å². The maximum Gasteiger partial charge on any atom is 0.265 e. The van der Waals surface area contributed by atoms with Gasteiger partial charge in [-0.05, 0) is 81.5 Å². The molecule has 3 aromatic rings. The number of hydrogen-bond donors (Lipinski definition) is 2. The largest absolute Gasteiger partial charge is 0.495 e. The van der Waals surface area contributed by atoms with Gasteiger partial charge in [0.2, 0.25) is 5.91 Å². The highest BCUT2D eigenvalue weighted by Gasteiger charge is 2.34. The number of aryl methyl sites for hydroxylation is 1. The molecule has 2 N–H and O–H groups in total. The average Bonchev–Trinajstić information content (AvgIpc) is 3.24. The zero-order valence-corrected chi connectivity index (χ0v) is 24.9. The van der Waals surface area contributed by atoms with Crippen LogP contribution in [0.5, 0.6) is 5.75 Å². The molecule has 39 heavy (non-hydrogen) atoms. The number of hydrogen-bond acceptors (Lipinski definition) is 7. The van der Waals surface area contributed by atoms with Crippen molar-refractivity contribution in [1.29, 1.82) is 0 Å². The number of carbonyl (C=O) groups excluding carboxylic acids is 1. The number of nitrogens with zero attached hydrogens (tertiary/aromatic N) is 2. The van der Waals surface area contributed by atoms with Crippen LogP contribution >= 0.6 is 22.9 Å². The molecule has 0 aliphatic carbocycles. The first-order valence-corrected chi connectivity index (χ1v) is 15.2. The van der Waals surface area contributed by atoms with E-state index < -0.39 is 15.8 Å². The topological polar surface area (TPSA) is 101 Å². The van der Waals surface area contributed by atoms with Crippen LogP contribution < -0.4 is 14.8 Å². The summed E-state index contributed by atoms with van der Waals surface area (Å²) in [5.74, 6) is 0.0550. The van der Waals surface area contributed by atoms with Gasteiger partial charge in [-0.1, -0.05) is 22.9 Å². The molecule has 1 fully saturated rings. The van der Waals surface area contributed by atoms with Crippen LogP contribution in [0.3, 0.4) is 0 Å². The lowest BCUT2D eigenvalue weighted by Crippen LogP contribution is -2.47. The van der Waals surface area contributed by atoms with Crippen LogP contribution in [-0.4, -0.2) is 49.9 Å². The monoisotopic (exact) mass is 594 g/mol. The Hall–Kier alpha value is -2.89. The predicted octanol–water partition coefficient (Wildman–Crippen LogP) is 6.17. The van der Waals surface area contributed by atoms with Gasteiger partial charge in [-0.15, -0.1) is 0 Å². The maximum atomic E-state index is 13.4. The molecule has 1 saturated heterocycles. The zero-order chi connectivity index (χ0) is 28.5. The van der Waals surface area contributed by atoms with Crippen LogP contribution in [-0.2, 0) is 14.8 Å². The molecule has 0 saturated carbocycles. The summed E-state index contributed by atoms with van der Waals surface area (Å²) in [6.07, 6.45) is 1.81. The van der Waals surface area contributed by atoms with Crippen molar-refractivity contribution in [3.05, 3.63) is 52.9 Å². The molecular weight excluding hydrogens is 563 g/mol. The summed E-state index contributed by atoms with van der Waals surface area (Å²) >= 11 is 7.49. The first kappa shape index (κ1) is 29.1. The second-order valence-corrected chi connectivity index (χ2v) is 13.2. The lowest BCUT2D eigenvalue weighted by atomic mass is 9.80. The standard InChI is InChI=1S/C27H32ClFN4O4S2/c1-16-25(38-26(30-16)31-27(3,4)19-10-12-33(13-11-19)17(2)34)18-6-9-23(37-5)24(14-18)39(35,36)32-22-8-7-20(29)15-21(22)28/h6-9,14-15,19,32H,10-13H2,1-5H3,(H,30,31). The Labute approximate surface area is 237 Å². The Morgan fingerprint density at radius 3 is 2.51 bits per heavy atom. The molecule has 210 valence electrons. The number of piperidine rings is 1. The minimum Gasteiger partial charge on any atom is -0.495 e. The molecule has 12 heteroatoms. The molecule has 8 nitrogen and oxygen atoms in total. The molecule has 1 aliphatic heterocycles. The van der Waals surface area contributed by atoms with E-state index in [0.29, 0.717) is 11.5 Å². The van der Waals surface area contributed by atoms with Gasteiger partial charge in [0, 0.05) is 25.6 Å². The third kappa shape index (κ3) is 6.47. The van der Waals surface area contributed by atoms with Crippen LogP contribution in [0, 0.1) is 18.7 Å². The van der Waals surface area contributed by atoms with Crippen molar-refractivity contribution in [1.82, 2.24) is 9.88 Å². The molecule has 0 atom stereocenters. The third-order valence-electron chi connectivity index (χ3n) is 7.08. The van der Waals surface area contributed by atoms with E-state index in [1.54, 1.807) is 19.1 Å². The summed E-state index contributed by atoms with van der Waals surface area (Å²) in [4.78, 5) is 19.0. The number of methoxy groups -OCH3 is 1. The third-order valence-corrected chi connectivity index (χ3v) is 9.90. The van der Waals surface area contributed by atoms with Crippen molar-refractivity contribution in [2.24, 2.45) is 5.92 Å². The van der Waals surface area contributed by atoms with E-state index in [-0.39, 0.29) is 32.8 Å². The van der Waals surface area contributed by atoms with E-state index in [9.17, 15) is 17.6 Å². The molecule has 0 bridgehead atoms. The van der Waals surface area contributed by atoms with Gasteiger partial charge >= 0.3 is 0 Å². The smallest absolute Gasteiger partial charge is 0.265 e. The number of halogens is 2. The quantitative estimate of drug-likeness (QED) is 0.323. The molecule has 0 radical (unpaired) electrons. The van der Waals surface area contributed by atoms with Crippen molar-refractivity contribution < 1.29 is 22.3 Å². The van der Waals surface area contributed by atoms with Crippen LogP contribution in [0.2, 0.25) is 5.02 Å². The minimum absolute atomic E-state index is 0.0577. The fourth-order valence-corrected chi connectivity index (χ4v) is 7.49. The number of nitrogens with one attached hydrogen (secondary N) is 2. The van der Waals surface area contributed by atoms with Crippen LogP contribution in [0.15, 0.2) is 41.3 Å². The fraction of sp³-hybridized carbons (Fsp3) is 0.407. The van der Waals surface area contributed by atoms with Gasteiger partial charge in [0.05, 0.1) is 28.4 Å². The first-order chi connectivity index (χ1) is 18.3. The zero-order valence-electron chi connectivity index (χ0n) is 22.5. The van der Waals surface area contributed by atoms with Gasteiger partial charge in [-0.2, -0.15) is 0 Å². The molecule has 0 spiro atoms. The summed E-state index contributed by atoms with van der Waals surface area (Å²) in [6.45, 7) is 9.25. The number of amides is 1. The molecule has 1 aromatic heterocycles. The van der Waals surface area contributed by atoms with E-state index in [4.69, 9.17) is 21.3 Å². The van der Waals surface area contributed by atoms with E-state index >= 15 is 0 Å². The lowest BCUT2D eigenvalue weighted by Gasteiger charge is -2.41. The normalized spacial score (nSPS) is 14.8. The van der Waals surface area contributed by atoms with Crippen molar-refractivity contribution in [3.8, 4) is 16.2 Å². The summed E-state index contributed by atoms with van der Waals surface area (Å²) in [6, 6.07) is 8.34. The fourth-order valence-electron chi connectivity index (χ4n) is 4.81. The molecular formula is C27H32ClFN4O4S2. The highest BCUT2D eigenvalue weighted by Crippen LogP contribution is 2.39. The molecule has 2 heterocycles. The van der Waals surface area contributed by atoms with E-state index in [2.05, 4.69) is 23.9 Å². The Kier molecular flexibility index (Phi) is 8.44. The average molecular weight is 595 g/mol. The van der Waals surface area contributed by atoms with Gasteiger partial charge in [-0.3, -0.25) is 9.52 Å². The summed E-state index contributed by atoms with van der Waals surface area (Å²) < 4.78 is 47.9. The van der Waals surface area contributed by atoms with Crippen molar-refractivity contribution in [2.45, 2.75) is 51.0 Å². The first-order valence-electron chi connectivity index (χ1n) is 12.5. The minimum atomic E-state index is -4.12. The van der Waals surface area contributed by atoms with Gasteiger partial charge in [-0.25, -0.2) is 17.8 Å². The number of sulfonamides is 1. The summed E-state index contributed by atoms with van der Waals surface area (Å²) in [5.41, 5.74) is 1.23. The van der Waals surface area contributed by atoms with Crippen molar-refractivity contribution >= 4 is 49.7 Å². The summed E-state index contributed by atoms with van der Waals surface area (Å²) in [7, 11) is -2.73. The van der Waals surface area contributed by atoms with Crippen LogP contribution in [0.25, 0.3) is 10.4 Å². The van der Waals surface area contributed by atoms with E-state index in [0.717, 1.165) is 53.8 Å². The summed E-state index contributed by atoms with van der Waals surface area (Å²) in [5, 5.41) is 4.25. The Morgan fingerprint density at radius 1 is 1.21 bits per heavy atom. The van der Waals surface area contributed by atoms with Crippen LogP contribution in [0.4, 0.5) is 15.2 Å². The lowest BCUT2D eigenvalue weighted by molar-refractivity contribution is -0.130. The van der Waals surface area contributed by atoms with Gasteiger partial charge in [0.25, 0.3) is 10.0 Å². The molecule has 1 aliphatic rings. The molecule has 1 amide bonds. The second-order valence-electron chi connectivity index (χ2n) is 10.2. The highest BCUT2D eigenvalue weighted by atomic mass is 35.5. The number of carbonyl (C=O) groups is 1. The van der Waals surface area contributed by atoms with Gasteiger partial charge < -0.3 is 15.0 Å². The van der Waals surface area contributed by atoms with Gasteiger partial charge in [0.15, 0.2) is 5.13 Å². The molecule has 0 unspecified atom stereocenters. The molecule has 4 rings (SSSR count). The Balaban J connectivity index is 1.59. The van der Waals surface area contributed by atoms with E-state index in [1.807, 2.05) is 11.8 Å². The number of anilines is 2. The number of benzene rings is 2. The number of ether oxygens (including phenoxy) is 1. The number of likely N-dealkylation sites (tertiary alicyclic amines) is 1. The van der Waals surface area contributed by atoms with Crippen LogP contribution in [0.1, 0.15) is 39.3 Å². The Morgan fingerprint density at radius 2 is 1.90 bits per heavy atom. The number of rotatable bonds is 8. The SMILES string of the molecule is COc1ccc(-c2sc(NC(C)(C)C3CCN(C(C)=O)CC3)nc2C)cc1S(=O)(=O)Nc1ccc(F)cc1Cl.